The Bertz CT molecular complexity index is 912. The average molecular weight is 375 g/mol. The summed E-state index contributed by atoms with van der Waals surface area (Å²) in [4.78, 5) is 15.0. The van der Waals surface area contributed by atoms with Crippen LogP contribution >= 0.6 is 0 Å². The number of nitrogens with zero attached hydrogens (tertiary/aromatic N) is 4. The summed E-state index contributed by atoms with van der Waals surface area (Å²) >= 11 is 0. The summed E-state index contributed by atoms with van der Waals surface area (Å²) in [5, 5.41) is 10.9. The lowest BCUT2D eigenvalue weighted by molar-refractivity contribution is 0.0909. The second kappa shape index (κ2) is 8.35. The van der Waals surface area contributed by atoms with Crippen molar-refractivity contribution >= 4 is 5.91 Å². The number of carbonyl (C=O) groups excluding carboxylic acids is 1. The van der Waals surface area contributed by atoms with Gasteiger partial charge in [0.15, 0.2) is 0 Å². The lowest BCUT2D eigenvalue weighted by atomic mass is 10.0. The van der Waals surface area contributed by atoms with E-state index in [0.717, 1.165) is 38.2 Å². The quantitative estimate of drug-likeness (QED) is 0.745. The predicted molar refractivity (Wildman–Crippen MR) is 108 cm³/mol. The number of amides is 1. The van der Waals surface area contributed by atoms with Crippen molar-refractivity contribution in [3.05, 3.63) is 77.6 Å². The molecule has 0 radical (unpaired) electrons. The van der Waals surface area contributed by atoms with Crippen LogP contribution in [0.3, 0.4) is 0 Å². The average Bonchev–Trinajstić information content (AvgIpc) is 3.26. The Kier molecular flexibility index (Phi) is 5.48. The molecule has 0 spiro atoms. The van der Waals surface area contributed by atoms with E-state index in [9.17, 15) is 4.79 Å². The van der Waals surface area contributed by atoms with Crippen molar-refractivity contribution in [2.45, 2.75) is 32.4 Å². The minimum atomic E-state index is -0.0116. The number of benzene rings is 2. The van der Waals surface area contributed by atoms with E-state index in [1.54, 1.807) is 17.1 Å². The minimum Gasteiger partial charge on any atom is -0.349 e. The van der Waals surface area contributed by atoms with E-state index in [2.05, 4.69) is 51.7 Å². The van der Waals surface area contributed by atoms with Gasteiger partial charge in [0.05, 0.1) is 18.1 Å². The summed E-state index contributed by atoms with van der Waals surface area (Å²) in [5.41, 5.74) is 4.29. The van der Waals surface area contributed by atoms with E-state index in [4.69, 9.17) is 0 Å². The summed E-state index contributed by atoms with van der Waals surface area (Å²) in [5.74, 6) is -0.0116. The zero-order valence-electron chi connectivity index (χ0n) is 16.1. The van der Waals surface area contributed by atoms with Crippen LogP contribution in [-0.2, 0) is 6.54 Å². The first-order valence-electron chi connectivity index (χ1n) is 9.73. The molecule has 144 valence electrons. The van der Waals surface area contributed by atoms with Crippen LogP contribution in [0.2, 0.25) is 0 Å². The molecule has 2 aromatic carbocycles. The monoisotopic (exact) mass is 375 g/mol. The molecule has 1 aliphatic rings. The Hall–Kier alpha value is -2.99. The van der Waals surface area contributed by atoms with Crippen LogP contribution in [-0.4, -0.2) is 44.9 Å². The van der Waals surface area contributed by atoms with E-state index in [-0.39, 0.29) is 11.9 Å². The lowest BCUT2D eigenvalue weighted by Gasteiger charge is -2.32. The van der Waals surface area contributed by atoms with Crippen molar-refractivity contribution in [1.82, 2.24) is 25.2 Å². The van der Waals surface area contributed by atoms with Gasteiger partial charge in [-0.05, 0) is 55.2 Å². The van der Waals surface area contributed by atoms with Gasteiger partial charge in [-0.25, -0.2) is 4.68 Å². The number of aryl methyl sites for hydroxylation is 1. The van der Waals surface area contributed by atoms with Crippen LogP contribution in [0.4, 0.5) is 0 Å². The predicted octanol–water partition coefficient (Wildman–Crippen LogP) is 2.97. The zero-order valence-corrected chi connectivity index (χ0v) is 16.1. The third kappa shape index (κ3) is 4.28. The van der Waals surface area contributed by atoms with Gasteiger partial charge in [-0.2, -0.15) is 0 Å². The molecule has 1 aliphatic heterocycles. The van der Waals surface area contributed by atoms with Crippen LogP contribution < -0.4 is 5.32 Å². The summed E-state index contributed by atoms with van der Waals surface area (Å²) in [6, 6.07) is 16.2. The van der Waals surface area contributed by atoms with Crippen LogP contribution in [0.25, 0.3) is 5.69 Å². The topological polar surface area (TPSA) is 63.1 Å². The molecule has 28 heavy (non-hydrogen) atoms. The zero-order chi connectivity index (χ0) is 19.3. The Morgan fingerprint density at radius 2 is 1.86 bits per heavy atom. The van der Waals surface area contributed by atoms with E-state index < -0.39 is 0 Å². The van der Waals surface area contributed by atoms with E-state index in [1.807, 2.05) is 24.3 Å². The van der Waals surface area contributed by atoms with Gasteiger partial charge < -0.3 is 5.32 Å². The third-order valence-corrected chi connectivity index (χ3v) is 5.39. The maximum atomic E-state index is 12.6. The molecule has 1 N–H and O–H groups in total. The smallest absolute Gasteiger partial charge is 0.251 e. The highest BCUT2D eigenvalue weighted by Crippen LogP contribution is 2.17. The number of aromatic nitrogens is 3. The molecule has 6 nitrogen and oxygen atoms in total. The van der Waals surface area contributed by atoms with Crippen LogP contribution in [0.15, 0.2) is 60.9 Å². The molecule has 3 aromatic rings. The number of hydrogen-bond donors (Lipinski definition) is 1. The van der Waals surface area contributed by atoms with Crippen molar-refractivity contribution < 1.29 is 4.79 Å². The molecule has 1 fully saturated rings. The van der Waals surface area contributed by atoms with Gasteiger partial charge in [0.1, 0.15) is 0 Å². The standard InChI is InChI=1S/C22H25N5O/c1-17-4-2-3-5-19(17)16-26-13-10-20(11-14-26)24-22(28)18-6-8-21(9-7-18)27-15-12-23-25-27/h2-9,12,15,20H,10-11,13-14,16H2,1H3,(H,24,28). The Morgan fingerprint density at radius 1 is 1.11 bits per heavy atom. The highest BCUT2D eigenvalue weighted by molar-refractivity contribution is 5.94. The largest absolute Gasteiger partial charge is 0.349 e. The van der Waals surface area contributed by atoms with Crippen LogP contribution in [0, 0.1) is 6.92 Å². The molecule has 4 rings (SSSR count). The van der Waals surface area contributed by atoms with Gasteiger partial charge in [-0.3, -0.25) is 9.69 Å². The Labute approximate surface area is 165 Å². The van der Waals surface area contributed by atoms with Crippen molar-refractivity contribution in [3.63, 3.8) is 0 Å². The molecule has 6 heteroatoms. The number of rotatable bonds is 5. The summed E-state index contributed by atoms with van der Waals surface area (Å²) < 4.78 is 1.67. The molecule has 2 heterocycles. The van der Waals surface area contributed by atoms with E-state index in [1.165, 1.54) is 11.1 Å². The van der Waals surface area contributed by atoms with E-state index in [0.29, 0.717) is 5.56 Å². The number of likely N-dealkylation sites (tertiary alicyclic amines) is 1. The lowest BCUT2D eigenvalue weighted by Crippen LogP contribution is -2.44. The highest BCUT2D eigenvalue weighted by Gasteiger charge is 2.21. The Morgan fingerprint density at radius 3 is 2.54 bits per heavy atom. The third-order valence-electron chi connectivity index (χ3n) is 5.39. The van der Waals surface area contributed by atoms with Gasteiger partial charge in [0.2, 0.25) is 0 Å². The first-order valence-corrected chi connectivity index (χ1v) is 9.73. The molecular formula is C22H25N5O. The maximum absolute atomic E-state index is 12.6. The molecule has 0 unspecified atom stereocenters. The first kappa shape index (κ1) is 18.4. The van der Waals surface area contributed by atoms with Crippen molar-refractivity contribution in [3.8, 4) is 5.69 Å². The summed E-state index contributed by atoms with van der Waals surface area (Å²) in [6.45, 7) is 5.16. The number of hydrogen-bond acceptors (Lipinski definition) is 4. The normalized spacial score (nSPS) is 15.5. The van der Waals surface area contributed by atoms with Crippen molar-refractivity contribution in [2.75, 3.05) is 13.1 Å². The Balaban J connectivity index is 1.28. The second-order valence-electron chi connectivity index (χ2n) is 7.34. The SMILES string of the molecule is Cc1ccccc1CN1CCC(NC(=O)c2ccc(-n3ccnn3)cc2)CC1. The van der Waals surface area contributed by atoms with E-state index >= 15 is 0 Å². The maximum Gasteiger partial charge on any atom is 0.251 e. The van der Waals surface area contributed by atoms with Gasteiger partial charge >= 0.3 is 0 Å². The second-order valence-corrected chi connectivity index (χ2v) is 7.34. The molecular weight excluding hydrogens is 350 g/mol. The van der Waals surface area contributed by atoms with Crippen molar-refractivity contribution in [1.29, 1.82) is 0 Å². The van der Waals surface area contributed by atoms with Gasteiger partial charge in [-0.1, -0.05) is 29.5 Å². The van der Waals surface area contributed by atoms with Gasteiger partial charge in [0.25, 0.3) is 5.91 Å². The van der Waals surface area contributed by atoms with Crippen LogP contribution in [0.5, 0.6) is 0 Å². The highest BCUT2D eigenvalue weighted by atomic mass is 16.1. The molecule has 0 saturated carbocycles. The molecule has 1 saturated heterocycles. The molecule has 0 atom stereocenters. The van der Waals surface area contributed by atoms with Crippen LogP contribution in [0.1, 0.15) is 34.3 Å². The fourth-order valence-corrected chi connectivity index (χ4v) is 3.64. The van der Waals surface area contributed by atoms with Gasteiger partial charge in [-0.15, -0.1) is 5.10 Å². The number of carbonyl (C=O) groups is 1. The fourth-order valence-electron chi connectivity index (χ4n) is 3.64. The molecule has 0 aliphatic carbocycles. The number of piperidine rings is 1. The van der Waals surface area contributed by atoms with Gasteiger partial charge in [0, 0.05) is 31.2 Å². The summed E-state index contributed by atoms with van der Waals surface area (Å²) in [7, 11) is 0. The minimum absolute atomic E-state index is 0.0116. The molecule has 1 amide bonds. The first-order chi connectivity index (χ1) is 13.7. The fraction of sp³-hybridized carbons (Fsp3) is 0.318. The molecule has 1 aromatic heterocycles. The molecule has 0 bridgehead atoms. The number of nitrogens with one attached hydrogen (secondary N) is 1. The summed E-state index contributed by atoms with van der Waals surface area (Å²) in [6.07, 6.45) is 5.37. The van der Waals surface area contributed by atoms with Crippen molar-refractivity contribution in [2.24, 2.45) is 0 Å².